The van der Waals surface area contributed by atoms with Gasteiger partial charge < -0.3 is 10.7 Å². The summed E-state index contributed by atoms with van der Waals surface area (Å²) in [5.74, 6) is 5.50. The minimum Gasteiger partial charge on any atom is -0.323 e. The normalized spacial score (nSPS) is 10.2. The third-order valence-corrected chi connectivity index (χ3v) is 3.74. The molecule has 4 N–H and O–H groups in total. The number of benzene rings is 1. The quantitative estimate of drug-likeness (QED) is 0.583. The number of nitrogens with zero attached hydrogens (tertiary/aromatic N) is 1. The van der Waals surface area contributed by atoms with Gasteiger partial charge in [0.1, 0.15) is 5.82 Å². The van der Waals surface area contributed by atoms with Gasteiger partial charge in [0.15, 0.2) is 0 Å². The highest BCUT2D eigenvalue weighted by atomic mass is 79.9. The number of carbonyl (C=O) groups excluding carboxylic acids is 1. The van der Waals surface area contributed by atoms with Crippen LogP contribution < -0.4 is 16.6 Å². The summed E-state index contributed by atoms with van der Waals surface area (Å²) in [6, 6.07) is 6.59. The van der Waals surface area contributed by atoms with Crippen LogP contribution in [0.15, 0.2) is 34.9 Å². The van der Waals surface area contributed by atoms with E-state index in [1.54, 1.807) is 24.4 Å². The third kappa shape index (κ3) is 3.27. The van der Waals surface area contributed by atoms with Crippen molar-refractivity contribution in [2.24, 2.45) is 5.84 Å². The highest BCUT2D eigenvalue weighted by Crippen LogP contribution is 2.22. The van der Waals surface area contributed by atoms with E-state index in [9.17, 15) is 4.79 Å². The number of halogens is 2. The number of anilines is 2. The van der Waals surface area contributed by atoms with Crippen LogP contribution in [0, 0.1) is 6.92 Å². The number of carbonyl (C=O) groups is 1. The first-order chi connectivity index (χ1) is 9.51. The third-order valence-electron chi connectivity index (χ3n) is 2.67. The zero-order valence-electron chi connectivity index (χ0n) is 10.6. The Morgan fingerprint density at radius 3 is 2.80 bits per heavy atom. The fourth-order valence-electron chi connectivity index (χ4n) is 1.62. The number of rotatable bonds is 3. The minimum absolute atomic E-state index is 0.338. The van der Waals surface area contributed by atoms with E-state index >= 15 is 0 Å². The number of amides is 1. The molecule has 2 aromatic rings. The summed E-state index contributed by atoms with van der Waals surface area (Å²) in [6.45, 7) is 1.91. The van der Waals surface area contributed by atoms with Crippen LogP contribution in [0.25, 0.3) is 0 Å². The molecule has 1 aromatic heterocycles. The van der Waals surface area contributed by atoms with Gasteiger partial charge in [-0.3, -0.25) is 10.6 Å². The maximum absolute atomic E-state index is 12.2. The van der Waals surface area contributed by atoms with Crippen LogP contribution in [0.5, 0.6) is 0 Å². The Hall–Kier alpha value is -1.63. The second-order valence-electron chi connectivity index (χ2n) is 4.11. The lowest BCUT2D eigenvalue weighted by Crippen LogP contribution is -2.17. The molecule has 0 fully saturated rings. The van der Waals surface area contributed by atoms with E-state index in [2.05, 4.69) is 31.7 Å². The Morgan fingerprint density at radius 2 is 2.15 bits per heavy atom. The summed E-state index contributed by atoms with van der Waals surface area (Å²) >= 11 is 9.25. The Balaban J connectivity index is 2.27. The van der Waals surface area contributed by atoms with Crippen LogP contribution in [0.2, 0.25) is 5.02 Å². The van der Waals surface area contributed by atoms with Gasteiger partial charge in [0, 0.05) is 15.7 Å². The van der Waals surface area contributed by atoms with Crippen LogP contribution in [0.3, 0.4) is 0 Å². The Bertz CT molecular complexity index is 663. The number of nitrogens with two attached hydrogens (primary N) is 1. The van der Waals surface area contributed by atoms with Crippen molar-refractivity contribution in [2.75, 3.05) is 10.7 Å². The van der Waals surface area contributed by atoms with Gasteiger partial charge in [-0.15, -0.1) is 0 Å². The predicted octanol–water partition coefficient (Wildman–Crippen LogP) is 3.34. The average molecular weight is 356 g/mol. The van der Waals surface area contributed by atoms with E-state index in [-0.39, 0.29) is 5.91 Å². The second kappa shape index (κ2) is 6.21. The fourth-order valence-corrected chi connectivity index (χ4v) is 2.01. The number of pyridine rings is 1. The molecule has 5 nitrogen and oxygen atoms in total. The van der Waals surface area contributed by atoms with Gasteiger partial charge in [-0.2, -0.15) is 0 Å². The number of hydrogen-bond acceptors (Lipinski definition) is 4. The molecule has 0 bridgehead atoms. The summed E-state index contributed by atoms with van der Waals surface area (Å²) in [5.41, 5.74) is 4.27. The number of nitrogens with one attached hydrogen (secondary N) is 2. The predicted molar refractivity (Wildman–Crippen MR) is 83.9 cm³/mol. The van der Waals surface area contributed by atoms with Crippen molar-refractivity contribution >= 4 is 44.9 Å². The Kier molecular flexibility index (Phi) is 4.59. The summed E-state index contributed by atoms with van der Waals surface area (Å²) in [4.78, 5) is 16.3. The van der Waals surface area contributed by atoms with Crippen molar-refractivity contribution in [1.29, 1.82) is 0 Å². The first-order valence-corrected chi connectivity index (χ1v) is 6.88. The zero-order valence-corrected chi connectivity index (χ0v) is 12.9. The summed E-state index contributed by atoms with van der Waals surface area (Å²) in [7, 11) is 0. The summed E-state index contributed by atoms with van der Waals surface area (Å²) in [5, 5.41) is 3.16. The van der Waals surface area contributed by atoms with Crippen molar-refractivity contribution in [1.82, 2.24) is 4.98 Å². The number of hydrazine groups is 1. The lowest BCUT2D eigenvalue weighted by atomic mass is 10.1. The van der Waals surface area contributed by atoms with E-state index in [1.807, 2.05) is 6.92 Å². The van der Waals surface area contributed by atoms with E-state index < -0.39 is 0 Å². The maximum Gasteiger partial charge on any atom is 0.259 e. The largest absolute Gasteiger partial charge is 0.323 e. The smallest absolute Gasteiger partial charge is 0.259 e. The molecule has 1 amide bonds. The van der Waals surface area contributed by atoms with E-state index in [4.69, 9.17) is 17.4 Å². The SMILES string of the molecule is Cc1cc(NC(=O)c2cc(Cl)ccc2NN)ncc1Br. The van der Waals surface area contributed by atoms with Gasteiger partial charge in [-0.1, -0.05) is 11.6 Å². The molecule has 2 rings (SSSR count). The molecule has 0 aliphatic heterocycles. The molecule has 7 heteroatoms. The first kappa shape index (κ1) is 14.8. The van der Waals surface area contributed by atoms with Gasteiger partial charge in [0.2, 0.25) is 0 Å². The summed E-state index contributed by atoms with van der Waals surface area (Å²) < 4.78 is 0.877. The highest BCUT2D eigenvalue weighted by Gasteiger charge is 2.13. The highest BCUT2D eigenvalue weighted by molar-refractivity contribution is 9.10. The van der Waals surface area contributed by atoms with Gasteiger partial charge >= 0.3 is 0 Å². The van der Waals surface area contributed by atoms with E-state index in [0.29, 0.717) is 22.1 Å². The molecule has 0 atom stereocenters. The van der Waals surface area contributed by atoms with Gasteiger partial charge in [-0.25, -0.2) is 4.98 Å². The molecule has 1 heterocycles. The van der Waals surface area contributed by atoms with Gasteiger partial charge in [0.25, 0.3) is 5.91 Å². The van der Waals surface area contributed by atoms with Crippen LogP contribution >= 0.6 is 27.5 Å². The van der Waals surface area contributed by atoms with Crippen LogP contribution in [0.1, 0.15) is 15.9 Å². The van der Waals surface area contributed by atoms with E-state index in [1.165, 1.54) is 6.07 Å². The number of aryl methyl sites for hydroxylation is 1. The molecule has 0 spiro atoms. The topological polar surface area (TPSA) is 80.0 Å². The first-order valence-electron chi connectivity index (χ1n) is 5.71. The second-order valence-corrected chi connectivity index (χ2v) is 5.40. The molecule has 1 aromatic carbocycles. The minimum atomic E-state index is -0.338. The van der Waals surface area contributed by atoms with Crippen LogP contribution in [0.4, 0.5) is 11.5 Å². The van der Waals surface area contributed by atoms with Crippen molar-refractivity contribution in [2.45, 2.75) is 6.92 Å². The van der Waals surface area contributed by atoms with Crippen molar-refractivity contribution < 1.29 is 4.79 Å². The van der Waals surface area contributed by atoms with Crippen molar-refractivity contribution in [3.05, 3.63) is 51.1 Å². The fraction of sp³-hybridized carbons (Fsp3) is 0.0769. The lowest BCUT2D eigenvalue weighted by molar-refractivity contribution is 0.102. The van der Waals surface area contributed by atoms with Crippen LogP contribution in [-0.4, -0.2) is 10.9 Å². The number of aromatic nitrogens is 1. The standard InChI is InChI=1S/C13H12BrClN4O/c1-7-4-12(17-6-10(7)14)18-13(20)9-5-8(15)2-3-11(9)19-16/h2-6,19H,16H2,1H3,(H,17,18,20). The van der Waals surface area contributed by atoms with Crippen LogP contribution in [-0.2, 0) is 0 Å². The molecular formula is C13H12BrClN4O. The Morgan fingerprint density at radius 1 is 1.40 bits per heavy atom. The maximum atomic E-state index is 12.2. The van der Waals surface area contributed by atoms with Crippen molar-refractivity contribution in [3.8, 4) is 0 Å². The molecule has 20 heavy (non-hydrogen) atoms. The monoisotopic (exact) mass is 354 g/mol. The molecule has 0 aliphatic rings. The molecule has 0 saturated heterocycles. The average Bonchev–Trinajstić information content (AvgIpc) is 2.43. The lowest BCUT2D eigenvalue weighted by Gasteiger charge is -2.10. The molecule has 0 unspecified atom stereocenters. The molecule has 0 aliphatic carbocycles. The summed E-state index contributed by atoms with van der Waals surface area (Å²) in [6.07, 6.45) is 1.63. The molecular weight excluding hydrogens is 344 g/mol. The Labute approximate surface area is 129 Å². The van der Waals surface area contributed by atoms with Gasteiger partial charge in [-0.05, 0) is 52.7 Å². The van der Waals surface area contributed by atoms with Crippen molar-refractivity contribution in [3.63, 3.8) is 0 Å². The van der Waals surface area contributed by atoms with Gasteiger partial charge in [0.05, 0.1) is 11.3 Å². The number of nitrogen functional groups attached to an aromatic ring is 1. The zero-order chi connectivity index (χ0) is 14.7. The van der Waals surface area contributed by atoms with E-state index in [0.717, 1.165) is 10.0 Å². The molecule has 0 radical (unpaired) electrons. The molecule has 104 valence electrons. The molecule has 0 saturated carbocycles. The number of hydrogen-bond donors (Lipinski definition) is 3.